The van der Waals surface area contributed by atoms with Crippen LogP contribution in [0, 0.1) is 0 Å². The number of carbonyl (C=O) groups is 2. The number of hydrogen-bond donors (Lipinski definition) is 2. The summed E-state index contributed by atoms with van der Waals surface area (Å²) in [6, 6.07) is 22.1. The Morgan fingerprint density at radius 3 is 2.23 bits per heavy atom. The van der Waals surface area contributed by atoms with Gasteiger partial charge in [-0.3, -0.25) is 9.59 Å². The Kier molecular flexibility index (Phi) is 5.34. The van der Waals surface area contributed by atoms with E-state index in [9.17, 15) is 9.59 Å². The third kappa shape index (κ3) is 4.10. The van der Waals surface area contributed by atoms with Gasteiger partial charge >= 0.3 is 0 Å². The highest BCUT2D eigenvalue weighted by atomic mass is 35.5. The fraction of sp³-hybridized carbons (Fsp3) is 0.0476. The summed E-state index contributed by atoms with van der Waals surface area (Å²) < 4.78 is 0. The first-order valence-electron chi connectivity index (χ1n) is 8.07. The summed E-state index contributed by atoms with van der Waals surface area (Å²) in [5.74, 6) is -0.437. The van der Waals surface area contributed by atoms with E-state index < -0.39 is 0 Å². The number of carbonyl (C=O) groups excluding carboxylic acids is 2. The van der Waals surface area contributed by atoms with Crippen molar-refractivity contribution in [2.75, 3.05) is 10.6 Å². The van der Waals surface area contributed by atoms with E-state index in [0.717, 1.165) is 11.1 Å². The van der Waals surface area contributed by atoms with Crippen molar-refractivity contribution in [1.29, 1.82) is 0 Å². The molecule has 4 nitrogen and oxygen atoms in total. The molecule has 0 radical (unpaired) electrons. The van der Waals surface area contributed by atoms with Crippen molar-refractivity contribution in [3.8, 4) is 11.1 Å². The van der Waals surface area contributed by atoms with Gasteiger partial charge in [0.2, 0.25) is 5.91 Å². The summed E-state index contributed by atoms with van der Waals surface area (Å²) >= 11 is 6.16. The molecule has 130 valence electrons. The van der Waals surface area contributed by atoms with Gasteiger partial charge in [0.25, 0.3) is 5.91 Å². The molecule has 0 fully saturated rings. The first-order valence-corrected chi connectivity index (χ1v) is 8.45. The topological polar surface area (TPSA) is 58.2 Å². The van der Waals surface area contributed by atoms with E-state index in [2.05, 4.69) is 10.6 Å². The number of hydrogen-bond acceptors (Lipinski definition) is 2. The monoisotopic (exact) mass is 364 g/mol. The van der Waals surface area contributed by atoms with Crippen LogP contribution in [0.5, 0.6) is 0 Å². The molecule has 0 aliphatic heterocycles. The molecule has 0 heterocycles. The summed E-state index contributed by atoms with van der Waals surface area (Å²) in [5, 5.41) is 5.84. The summed E-state index contributed by atoms with van der Waals surface area (Å²) in [5.41, 5.74) is 3.45. The van der Waals surface area contributed by atoms with Crippen molar-refractivity contribution in [2.45, 2.75) is 6.92 Å². The summed E-state index contributed by atoms with van der Waals surface area (Å²) in [7, 11) is 0. The molecule has 0 aromatic heterocycles. The standard InChI is InChI=1S/C21H17ClN2O2/c1-14(25)23-20-12-11-16(13-19(20)22)24-21(26)18-10-6-5-9-17(18)15-7-3-2-4-8-15/h2-13H,1H3,(H,23,25)(H,24,26). The predicted molar refractivity (Wildman–Crippen MR) is 106 cm³/mol. The second-order valence-electron chi connectivity index (χ2n) is 5.74. The van der Waals surface area contributed by atoms with Gasteiger partial charge in [0.05, 0.1) is 10.7 Å². The van der Waals surface area contributed by atoms with Crippen molar-refractivity contribution in [1.82, 2.24) is 0 Å². The molecule has 0 spiro atoms. The van der Waals surface area contributed by atoms with Crippen LogP contribution in [0.1, 0.15) is 17.3 Å². The summed E-state index contributed by atoms with van der Waals surface area (Å²) in [6.45, 7) is 1.41. The van der Waals surface area contributed by atoms with Crippen LogP contribution in [-0.4, -0.2) is 11.8 Å². The third-order valence-electron chi connectivity index (χ3n) is 3.79. The normalized spacial score (nSPS) is 10.2. The molecule has 0 aliphatic rings. The largest absolute Gasteiger partial charge is 0.325 e. The molecule has 2 amide bonds. The Balaban J connectivity index is 1.85. The Labute approximate surface area is 156 Å². The molecule has 0 bridgehead atoms. The molecule has 0 saturated heterocycles. The number of amides is 2. The fourth-order valence-electron chi connectivity index (χ4n) is 2.63. The highest BCUT2D eigenvalue weighted by Crippen LogP contribution is 2.27. The highest BCUT2D eigenvalue weighted by molar-refractivity contribution is 6.34. The molecular formula is C21H17ClN2O2. The van der Waals surface area contributed by atoms with Crippen molar-refractivity contribution in [3.05, 3.63) is 83.4 Å². The van der Waals surface area contributed by atoms with E-state index in [1.165, 1.54) is 6.92 Å². The van der Waals surface area contributed by atoms with Gasteiger partial charge in [-0.1, -0.05) is 60.1 Å². The van der Waals surface area contributed by atoms with Crippen LogP contribution < -0.4 is 10.6 Å². The maximum absolute atomic E-state index is 12.8. The molecule has 3 rings (SSSR count). The molecular weight excluding hydrogens is 348 g/mol. The van der Waals surface area contributed by atoms with Crippen LogP contribution in [0.25, 0.3) is 11.1 Å². The molecule has 0 unspecified atom stereocenters. The van der Waals surface area contributed by atoms with Crippen LogP contribution in [0.4, 0.5) is 11.4 Å². The number of nitrogens with one attached hydrogen (secondary N) is 2. The molecule has 5 heteroatoms. The van der Waals surface area contributed by atoms with Crippen molar-refractivity contribution in [2.24, 2.45) is 0 Å². The van der Waals surface area contributed by atoms with Crippen LogP contribution in [0.3, 0.4) is 0 Å². The van der Waals surface area contributed by atoms with Gasteiger partial charge in [-0.15, -0.1) is 0 Å². The van der Waals surface area contributed by atoms with E-state index in [0.29, 0.717) is 22.0 Å². The second-order valence-corrected chi connectivity index (χ2v) is 6.15. The Morgan fingerprint density at radius 1 is 0.846 bits per heavy atom. The van der Waals surface area contributed by atoms with Gasteiger partial charge in [0.1, 0.15) is 0 Å². The quantitative estimate of drug-likeness (QED) is 0.667. The predicted octanol–water partition coefficient (Wildman–Crippen LogP) is 5.22. The number of halogens is 1. The Morgan fingerprint density at radius 2 is 1.54 bits per heavy atom. The van der Waals surface area contributed by atoms with Gasteiger partial charge in [0, 0.05) is 18.2 Å². The van der Waals surface area contributed by atoms with Crippen molar-refractivity contribution in [3.63, 3.8) is 0 Å². The zero-order chi connectivity index (χ0) is 18.5. The minimum Gasteiger partial charge on any atom is -0.325 e. The van der Waals surface area contributed by atoms with Gasteiger partial charge < -0.3 is 10.6 Å². The number of anilines is 2. The first kappa shape index (κ1) is 17.7. The van der Waals surface area contributed by atoms with Crippen LogP contribution >= 0.6 is 11.6 Å². The van der Waals surface area contributed by atoms with E-state index in [1.54, 1.807) is 24.3 Å². The van der Waals surface area contributed by atoms with E-state index in [-0.39, 0.29) is 11.8 Å². The van der Waals surface area contributed by atoms with E-state index in [4.69, 9.17) is 11.6 Å². The Hall–Kier alpha value is -3.11. The van der Waals surface area contributed by atoms with Crippen LogP contribution in [0.15, 0.2) is 72.8 Å². The van der Waals surface area contributed by atoms with Gasteiger partial charge in [0.15, 0.2) is 0 Å². The van der Waals surface area contributed by atoms with Crippen molar-refractivity contribution < 1.29 is 9.59 Å². The molecule has 0 atom stereocenters. The lowest BCUT2D eigenvalue weighted by Gasteiger charge is -2.12. The van der Waals surface area contributed by atoms with Crippen molar-refractivity contribution >= 4 is 34.8 Å². The zero-order valence-electron chi connectivity index (χ0n) is 14.1. The van der Waals surface area contributed by atoms with Gasteiger partial charge in [-0.25, -0.2) is 0 Å². The maximum atomic E-state index is 12.8. The van der Waals surface area contributed by atoms with Crippen LogP contribution in [0.2, 0.25) is 5.02 Å². The molecule has 2 N–H and O–H groups in total. The average molecular weight is 365 g/mol. The molecule has 0 saturated carbocycles. The Bertz CT molecular complexity index is 955. The highest BCUT2D eigenvalue weighted by Gasteiger charge is 2.13. The molecule has 3 aromatic rings. The van der Waals surface area contributed by atoms with Gasteiger partial charge in [-0.2, -0.15) is 0 Å². The molecule has 26 heavy (non-hydrogen) atoms. The number of rotatable bonds is 4. The number of benzene rings is 3. The summed E-state index contributed by atoms with van der Waals surface area (Å²) in [4.78, 5) is 23.9. The molecule has 3 aromatic carbocycles. The lowest BCUT2D eigenvalue weighted by Crippen LogP contribution is -2.13. The first-order chi connectivity index (χ1) is 12.5. The minimum absolute atomic E-state index is 0.208. The zero-order valence-corrected chi connectivity index (χ0v) is 14.9. The maximum Gasteiger partial charge on any atom is 0.256 e. The van der Waals surface area contributed by atoms with E-state index in [1.807, 2.05) is 48.5 Å². The lowest BCUT2D eigenvalue weighted by molar-refractivity contribution is -0.114. The van der Waals surface area contributed by atoms with E-state index >= 15 is 0 Å². The minimum atomic E-state index is -0.229. The fourth-order valence-corrected chi connectivity index (χ4v) is 2.86. The smallest absolute Gasteiger partial charge is 0.256 e. The third-order valence-corrected chi connectivity index (χ3v) is 4.11. The summed E-state index contributed by atoms with van der Waals surface area (Å²) in [6.07, 6.45) is 0. The SMILES string of the molecule is CC(=O)Nc1ccc(NC(=O)c2ccccc2-c2ccccc2)cc1Cl. The van der Waals surface area contributed by atoms with Gasteiger partial charge in [-0.05, 0) is 35.4 Å². The second kappa shape index (κ2) is 7.85. The molecule has 0 aliphatic carbocycles. The van der Waals surface area contributed by atoms with Crippen LogP contribution in [-0.2, 0) is 4.79 Å². The lowest BCUT2D eigenvalue weighted by atomic mass is 9.99. The average Bonchev–Trinajstić information content (AvgIpc) is 2.64.